The maximum atomic E-state index is 12.9. The maximum Gasteiger partial charge on any atom is 0.416 e. The molecule has 0 spiro atoms. The van der Waals surface area contributed by atoms with Crippen molar-refractivity contribution in [1.29, 1.82) is 0 Å². The quantitative estimate of drug-likeness (QED) is 0.813. The number of nitrogens with zero attached hydrogens (tertiary/aromatic N) is 1. The molecule has 9 heteroatoms. The van der Waals surface area contributed by atoms with Crippen LogP contribution >= 0.6 is 0 Å². The van der Waals surface area contributed by atoms with Crippen LogP contribution in [0.4, 0.5) is 13.2 Å². The summed E-state index contributed by atoms with van der Waals surface area (Å²) in [6, 6.07) is 3.98. The molecule has 3 rings (SSSR count). The first-order valence-electron chi connectivity index (χ1n) is 9.66. The number of piperidine rings is 1. The summed E-state index contributed by atoms with van der Waals surface area (Å²) in [5.41, 5.74) is -0.990. The molecule has 2 aliphatic rings. The van der Waals surface area contributed by atoms with Crippen molar-refractivity contribution in [3.63, 3.8) is 0 Å². The molecule has 0 bridgehead atoms. The lowest BCUT2D eigenvalue weighted by Crippen LogP contribution is -2.45. The molecule has 1 aromatic rings. The van der Waals surface area contributed by atoms with Gasteiger partial charge in [0.15, 0.2) is 0 Å². The molecule has 1 aromatic carbocycles. The lowest BCUT2D eigenvalue weighted by atomic mass is 9.93. The number of amides is 1. The van der Waals surface area contributed by atoms with Gasteiger partial charge in [-0.05, 0) is 43.9 Å². The molecular weight excluding hydrogens is 393 g/mol. The molecule has 28 heavy (non-hydrogen) atoms. The summed E-state index contributed by atoms with van der Waals surface area (Å²) >= 11 is 0. The van der Waals surface area contributed by atoms with Gasteiger partial charge >= 0.3 is 6.18 Å². The van der Waals surface area contributed by atoms with Crippen LogP contribution in [-0.4, -0.2) is 37.8 Å². The van der Waals surface area contributed by atoms with E-state index in [0.29, 0.717) is 18.9 Å². The predicted molar refractivity (Wildman–Crippen MR) is 97.9 cm³/mol. The van der Waals surface area contributed by atoms with Gasteiger partial charge in [0.1, 0.15) is 0 Å². The lowest BCUT2D eigenvalue weighted by Gasteiger charge is -2.32. The van der Waals surface area contributed by atoms with Crippen molar-refractivity contribution in [3.05, 3.63) is 29.8 Å². The number of carbonyl (C=O) groups excluding carboxylic acids is 1. The first-order chi connectivity index (χ1) is 13.2. The van der Waals surface area contributed by atoms with Gasteiger partial charge in [-0.1, -0.05) is 25.3 Å². The summed E-state index contributed by atoms with van der Waals surface area (Å²) in [6.07, 6.45) is 1.52. The van der Waals surface area contributed by atoms with E-state index in [9.17, 15) is 26.4 Å². The molecule has 0 atom stereocenters. The van der Waals surface area contributed by atoms with Crippen molar-refractivity contribution < 1.29 is 26.4 Å². The predicted octanol–water partition coefficient (Wildman–Crippen LogP) is 3.56. The zero-order chi connectivity index (χ0) is 20.4. The van der Waals surface area contributed by atoms with Gasteiger partial charge in [-0.2, -0.15) is 17.5 Å². The number of hydrogen-bond acceptors (Lipinski definition) is 3. The van der Waals surface area contributed by atoms with Gasteiger partial charge in [0.25, 0.3) is 0 Å². The van der Waals surface area contributed by atoms with Gasteiger partial charge in [0.05, 0.1) is 10.5 Å². The number of rotatable bonds is 4. The highest BCUT2D eigenvalue weighted by atomic mass is 32.2. The Hall–Kier alpha value is -1.61. The fraction of sp³-hybridized carbons (Fsp3) is 0.632. The second-order valence-corrected chi connectivity index (χ2v) is 9.49. The van der Waals surface area contributed by atoms with E-state index in [2.05, 4.69) is 5.32 Å². The van der Waals surface area contributed by atoms with Gasteiger partial charge < -0.3 is 5.32 Å². The summed E-state index contributed by atoms with van der Waals surface area (Å²) in [4.78, 5) is 12.1. The third-order valence-corrected chi connectivity index (χ3v) is 7.47. The molecular formula is C19H25F3N2O3S. The Balaban J connectivity index is 1.61. The number of hydrogen-bond donors (Lipinski definition) is 1. The van der Waals surface area contributed by atoms with Crippen molar-refractivity contribution >= 4 is 15.9 Å². The van der Waals surface area contributed by atoms with Crippen LogP contribution in [0.2, 0.25) is 0 Å². The van der Waals surface area contributed by atoms with Crippen LogP contribution in [0.15, 0.2) is 29.2 Å². The molecule has 1 saturated heterocycles. The van der Waals surface area contributed by atoms with Crippen LogP contribution < -0.4 is 5.32 Å². The van der Waals surface area contributed by atoms with E-state index >= 15 is 0 Å². The van der Waals surface area contributed by atoms with E-state index in [4.69, 9.17) is 0 Å². The number of carbonyl (C=O) groups is 1. The van der Waals surface area contributed by atoms with E-state index < -0.39 is 21.8 Å². The molecule has 5 nitrogen and oxygen atoms in total. The summed E-state index contributed by atoms with van der Waals surface area (Å²) in [6.45, 7) is 0.253. The second kappa shape index (κ2) is 8.41. The van der Waals surface area contributed by atoms with Crippen LogP contribution in [0.5, 0.6) is 0 Å². The fourth-order valence-electron chi connectivity index (χ4n) is 3.91. The lowest BCUT2D eigenvalue weighted by molar-refractivity contribution is -0.137. The van der Waals surface area contributed by atoms with Crippen LogP contribution in [0, 0.1) is 5.92 Å². The van der Waals surface area contributed by atoms with Crippen molar-refractivity contribution in [3.8, 4) is 0 Å². The van der Waals surface area contributed by atoms with Gasteiger partial charge in [0, 0.05) is 25.0 Å². The first kappa shape index (κ1) is 21.1. The third-order valence-electron chi connectivity index (χ3n) is 5.58. The molecule has 2 fully saturated rings. The zero-order valence-electron chi connectivity index (χ0n) is 15.5. The molecule has 1 amide bonds. The van der Waals surface area contributed by atoms with Gasteiger partial charge in [-0.3, -0.25) is 4.79 Å². The Kier molecular flexibility index (Phi) is 6.34. The Labute approximate surface area is 163 Å². The van der Waals surface area contributed by atoms with Crippen molar-refractivity contribution in [1.82, 2.24) is 9.62 Å². The SMILES string of the molecule is O=C(NC1CCCCC1)C1CCN(S(=O)(=O)c2cccc(C(F)(F)F)c2)CC1. The van der Waals surface area contributed by atoms with E-state index in [-0.39, 0.29) is 35.9 Å². The number of halogens is 3. The highest BCUT2D eigenvalue weighted by Crippen LogP contribution is 2.32. The monoisotopic (exact) mass is 418 g/mol. The summed E-state index contributed by atoms with van der Waals surface area (Å²) in [7, 11) is -4.02. The zero-order valence-corrected chi connectivity index (χ0v) is 16.4. The number of alkyl halides is 3. The maximum absolute atomic E-state index is 12.9. The normalized spacial score (nSPS) is 20.8. The standard InChI is InChI=1S/C19H25F3N2O3S/c20-19(21,22)15-5-4-8-17(13-15)28(26,27)24-11-9-14(10-12-24)18(25)23-16-6-2-1-3-7-16/h4-5,8,13-14,16H,1-3,6-7,9-12H2,(H,23,25). The van der Waals surface area contributed by atoms with Crippen molar-refractivity contribution in [2.45, 2.75) is 62.1 Å². The average molecular weight is 418 g/mol. The van der Waals surface area contributed by atoms with E-state index in [1.807, 2.05) is 0 Å². The second-order valence-electron chi connectivity index (χ2n) is 7.55. The van der Waals surface area contributed by atoms with Crippen LogP contribution in [0.1, 0.15) is 50.5 Å². The molecule has 156 valence electrons. The minimum Gasteiger partial charge on any atom is -0.353 e. The Bertz CT molecular complexity index is 797. The molecule has 1 aliphatic carbocycles. The fourth-order valence-corrected chi connectivity index (χ4v) is 5.42. The van der Waals surface area contributed by atoms with E-state index in [1.54, 1.807) is 0 Å². The molecule has 0 radical (unpaired) electrons. The molecule has 1 aliphatic heterocycles. The molecule has 1 heterocycles. The van der Waals surface area contributed by atoms with E-state index in [0.717, 1.165) is 37.8 Å². The Morgan fingerprint density at radius 1 is 1.04 bits per heavy atom. The molecule has 0 unspecified atom stereocenters. The number of sulfonamides is 1. The van der Waals surface area contributed by atoms with E-state index in [1.165, 1.54) is 16.8 Å². The van der Waals surface area contributed by atoms with Crippen LogP contribution in [0.3, 0.4) is 0 Å². The van der Waals surface area contributed by atoms with Crippen molar-refractivity contribution in [2.24, 2.45) is 5.92 Å². The summed E-state index contributed by atoms with van der Waals surface area (Å²) < 4.78 is 65.2. The van der Waals surface area contributed by atoms with Gasteiger partial charge in [0.2, 0.25) is 15.9 Å². The van der Waals surface area contributed by atoms with Gasteiger partial charge in [-0.25, -0.2) is 8.42 Å². The van der Waals surface area contributed by atoms with Crippen LogP contribution in [0.25, 0.3) is 0 Å². The Morgan fingerprint density at radius 3 is 2.29 bits per heavy atom. The minimum absolute atomic E-state index is 0.0389. The molecule has 1 N–H and O–H groups in total. The average Bonchev–Trinajstić information content (AvgIpc) is 2.68. The number of benzene rings is 1. The van der Waals surface area contributed by atoms with Crippen molar-refractivity contribution in [2.75, 3.05) is 13.1 Å². The smallest absolute Gasteiger partial charge is 0.353 e. The highest BCUT2D eigenvalue weighted by molar-refractivity contribution is 7.89. The topological polar surface area (TPSA) is 66.5 Å². The minimum atomic E-state index is -4.60. The Morgan fingerprint density at radius 2 is 1.68 bits per heavy atom. The van der Waals surface area contributed by atoms with Gasteiger partial charge in [-0.15, -0.1) is 0 Å². The van der Waals surface area contributed by atoms with Crippen LogP contribution in [-0.2, 0) is 21.0 Å². The number of nitrogens with one attached hydrogen (secondary N) is 1. The first-order valence-corrected chi connectivity index (χ1v) is 11.1. The largest absolute Gasteiger partial charge is 0.416 e. The highest BCUT2D eigenvalue weighted by Gasteiger charge is 2.35. The summed E-state index contributed by atoms with van der Waals surface area (Å²) in [5, 5.41) is 3.07. The molecule has 0 aromatic heterocycles. The summed E-state index contributed by atoms with van der Waals surface area (Å²) in [5.74, 6) is -0.294. The molecule has 1 saturated carbocycles. The third kappa shape index (κ3) is 4.86.